The standard InChI is InChI=1S/C16H11ClN4O/c17-12-5-11(14-9-19-21-15(14)7-12)6-16(22)20-13-3-1-10(8-18)2-4-13/h1-5,7,9H,6H2,(H,19,21)(H,20,22). The summed E-state index contributed by atoms with van der Waals surface area (Å²) in [5, 5.41) is 19.8. The summed E-state index contributed by atoms with van der Waals surface area (Å²) in [6.45, 7) is 0. The molecule has 3 aromatic rings. The third kappa shape index (κ3) is 2.92. The second kappa shape index (κ2) is 5.88. The van der Waals surface area contributed by atoms with Crippen LogP contribution in [0.5, 0.6) is 0 Å². The molecule has 2 aromatic carbocycles. The first-order chi connectivity index (χ1) is 10.7. The van der Waals surface area contributed by atoms with Crippen molar-refractivity contribution in [1.29, 1.82) is 5.26 Å². The van der Waals surface area contributed by atoms with Gasteiger partial charge in [-0.3, -0.25) is 9.89 Å². The summed E-state index contributed by atoms with van der Waals surface area (Å²) < 4.78 is 0. The van der Waals surface area contributed by atoms with E-state index in [1.165, 1.54) is 0 Å². The van der Waals surface area contributed by atoms with Gasteiger partial charge in [0.2, 0.25) is 5.91 Å². The molecule has 22 heavy (non-hydrogen) atoms. The van der Waals surface area contributed by atoms with E-state index < -0.39 is 0 Å². The maximum absolute atomic E-state index is 12.2. The molecule has 0 aliphatic rings. The molecule has 0 aliphatic carbocycles. The van der Waals surface area contributed by atoms with E-state index in [4.69, 9.17) is 16.9 Å². The maximum atomic E-state index is 12.2. The molecule has 0 bridgehead atoms. The molecule has 0 spiro atoms. The number of aromatic nitrogens is 2. The molecule has 0 saturated carbocycles. The first kappa shape index (κ1) is 14.1. The van der Waals surface area contributed by atoms with Gasteiger partial charge < -0.3 is 5.32 Å². The van der Waals surface area contributed by atoms with Crippen LogP contribution < -0.4 is 5.32 Å². The van der Waals surface area contributed by atoms with Crippen LogP contribution in [0.3, 0.4) is 0 Å². The molecule has 0 unspecified atom stereocenters. The molecule has 3 rings (SSSR count). The fourth-order valence-corrected chi connectivity index (χ4v) is 2.48. The normalized spacial score (nSPS) is 10.4. The second-order valence-corrected chi connectivity index (χ2v) is 5.25. The van der Waals surface area contributed by atoms with Crippen LogP contribution in [0.2, 0.25) is 5.02 Å². The molecule has 108 valence electrons. The molecule has 1 aromatic heterocycles. The minimum absolute atomic E-state index is 0.158. The minimum atomic E-state index is -0.158. The lowest BCUT2D eigenvalue weighted by molar-refractivity contribution is -0.115. The Kier molecular flexibility index (Phi) is 3.77. The molecule has 5 nitrogen and oxygen atoms in total. The van der Waals surface area contributed by atoms with Crippen molar-refractivity contribution in [1.82, 2.24) is 10.2 Å². The molecule has 0 fully saturated rings. The number of amides is 1. The number of halogens is 1. The Morgan fingerprint density at radius 3 is 2.82 bits per heavy atom. The summed E-state index contributed by atoms with van der Waals surface area (Å²) >= 11 is 6.05. The van der Waals surface area contributed by atoms with Gasteiger partial charge in [0, 0.05) is 16.1 Å². The molecule has 0 atom stereocenters. The van der Waals surface area contributed by atoms with E-state index in [1.54, 1.807) is 42.6 Å². The van der Waals surface area contributed by atoms with Crippen molar-refractivity contribution in [2.45, 2.75) is 6.42 Å². The van der Waals surface area contributed by atoms with Crippen LogP contribution in [-0.2, 0) is 11.2 Å². The summed E-state index contributed by atoms with van der Waals surface area (Å²) in [5.41, 5.74) is 2.80. The number of nitrogens with one attached hydrogen (secondary N) is 2. The Morgan fingerprint density at radius 2 is 2.09 bits per heavy atom. The van der Waals surface area contributed by atoms with Crippen molar-refractivity contribution in [3.63, 3.8) is 0 Å². The Balaban J connectivity index is 1.78. The average molecular weight is 311 g/mol. The van der Waals surface area contributed by atoms with Gasteiger partial charge in [-0.1, -0.05) is 11.6 Å². The highest BCUT2D eigenvalue weighted by atomic mass is 35.5. The van der Waals surface area contributed by atoms with E-state index in [1.807, 2.05) is 6.07 Å². The number of hydrogen-bond acceptors (Lipinski definition) is 3. The van der Waals surface area contributed by atoms with Crippen molar-refractivity contribution in [2.24, 2.45) is 0 Å². The van der Waals surface area contributed by atoms with E-state index in [2.05, 4.69) is 15.5 Å². The second-order valence-electron chi connectivity index (χ2n) is 4.81. The van der Waals surface area contributed by atoms with Gasteiger partial charge in [0.05, 0.1) is 29.8 Å². The number of carbonyl (C=O) groups excluding carboxylic acids is 1. The van der Waals surface area contributed by atoms with Crippen molar-refractivity contribution in [3.05, 3.63) is 58.7 Å². The highest BCUT2D eigenvalue weighted by molar-refractivity contribution is 6.31. The first-order valence-corrected chi connectivity index (χ1v) is 6.95. The molecule has 0 radical (unpaired) electrons. The molecule has 6 heteroatoms. The highest BCUT2D eigenvalue weighted by Crippen LogP contribution is 2.23. The van der Waals surface area contributed by atoms with Crippen LogP contribution >= 0.6 is 11.6 Å². The summed E-state index contributed by atoms with van der Waals surface area (Å²) in [6, 6.07) is 12.3. The predicted octanol–water partition coefficient (Wildman–Crippen LogP) is 3.27. The van der Waals surface area contributed by atoms with Crippen LogP contribution in [-0.4, -0.2) is 16.1 Å². The highest BCUT2D eigenvalue weighted by Gasteiger charge is 2.10. The number of anilines is 1. The van der Waals surface area contributed by atoms with Gasteiger partial charge in [-0.05, 0) is 42.0 Å². The topological polar surface area (TPSA) is 81.6 Å². The lowest BCUT2D eigenvalue weighted by Gasteiger charge is -2.07. The third-order valence-corrected chi connectivity index (χ3v) is 3.48. The SMILES string of the molecule is N#Cc1ccc(NC(=O)Cc2cc(Cl)cc3[nH]ncc23)cc1. The molecular formula is C16H11ClN4O. The molecule has 1 amide bonds. The van der Waals surface area contributed by atoms with Crippen molar-refractivity contribution in [2.75, 3.05) is 5.32 Å². The van der Waals surface area contributed by atoms with Crippen LogP contribution in [0.4, 0.5) is 5.69 Å². The quantitative estimate of drug-likeness (QED) is 0.779. The number of carbonyl (C=O) groups is 1. The van der Waals surface area contributed by atoms with Gasteiger partial charge in [0.25, 0.3) is 0 Å². The smallest absolute Gasteiger partial charge is 0.228 e. The molecule has 0 saturated heterocycles. The van der Waals surface area contributed by atoms with E-state index in [0.717, 1.165) is 16.5 Å². The molecule has 1 heterocycles. The first-order valence-electron chi connectivity index (χ1n) is 6.57. The largest absolute Gasteiger partial charge is 0.326 e. The number of nitriles is 1. The Labute approximate surface area is 131 Å². The van der Waals surface area contributed by atoms with Crippen molar-refractivity contribution in [3.8, 4) is 6.07 Å². The zero-order valence-corrected chi connectivity index (χ0v) is 12.2. The number of fused-ring (bicyclic) bond motifs is 1. The number of hydrogen-bond donors (Lipinski definition) is 2. The third-order valence-electron chi connectivity index (χ3n) is 3.26. The number of aromatic amines is 1. The van der Waals surface area contributed by atoms with Gasteiger partial charge in [0.1, 0.15) is 0 Å². The Bertz CT molecular complexity index is 877. The van der Waals surface area contributed by atoms with Crippen molar-refractivity contribution >= 4 is 34.1 Å². The predicted molar refractivity (Wildman–Crippen MR) is 84.6 cm³/mol. The average Bonchev–Trinajstić information content (AvgIpc) is 2.96. The molecule has 2 N–H and O–H groups in total. The van der Waals surface area contributed by atoms with Crippen LogP contribution in [0.25, 0.3) is 10.9 Å². The fourth-order valence-electron chi connectivity index (χ4n) is 2.24. The number of nitrogens with zero attached hydrogens (tertiary/aromatic N) is 2. The maximum Gasteiger partial charge on any atom is 0.228 e. The van der Waals surface area contributed by atoms with E-state index in [0.29, 0.717) is 16.3 Å². The van der Waals surface area contributed by atoms with Gasteiger partial charge in [-0.2, -0.15) is 10.4 Å². The summed E-state index contributed by atoms with van der Waals surface area (Å²) in [6.07, 6.45) is 1.87. The Morgan fingerprint density at radius 1 is 1.32 bits per heavy atom. The summed E-state index contributed by atoms with van der Waals surface area (Å²) in [5.74, 6) is -0.158. The summed E-state index contributed by atoms with van der Waals surface area (Å²) in [7, 11) is 0. The fraction of sp³-hybridized carbons (Fsp3) is 0.0625. The van der Waals surface area contributed by atoms with E-state index >= 15 is 0 Å². The minimum Gasteiger partial charge on any atom is -0.326 e. The number of benzene rings is 2. The monoisotopic (exact) mass is 310 g/mol. The lowest BCUT2D eigenvalue weighted by Crippen LogP contribution is -2.14. The van der Waals surface area contributed by atoms with Crippen molar-refractivity contribution < 1.29 is 4.79 Å². The van der Waals surface area contributed by atoms with Gasteiger partial charge in [-0.25, -0.2) is 0 Å². The van der Waals surface area contributed by atoms with E-state index in [-0.39, 0.29) is 12.3 Å². The van der Waals surface area contributed by atoms with Gasteiger partial charge in [-0.15, -0.1) is 0 Å². The Hall–Kier alpha value is -2.84. The van der Waals surface area contributed by atoms with Crippen LogP contribution in [0, 0.1) is 11.3 Å². The van der Waals surface area contributed by atoms with Crippen LogP contribution in [0.1, 0.15) is 11.1 Å². The van der Waals surface area contributed by atoms with E-state index in [9.17, 15) is 4.79 Å². The molecule has 0 aliphatic heterocycles. The molecular weight excluding hydrogens is 300 g/mol. The lowest BCUT2D eigenvalue weighted by atomic mass is 10.1. The number of H-pyrrole nitrogens is 1. The number of rotatable bonds is 3. The van der Waals surface area contributed by atoms with Crippen LogP contribution in [0.15, 0.2) is 42.6 Å². The zero-order chi connectivity index (χ0) is 15.5. The zero-order valence-electron chi connectivity index (χ0n) is 11.4. The van der Waals surface area contributed by atoms with Gasteiger partial charge >= 0.3 is 0 Å². The van der Waals surface area contributed by atoms with Gasteiger partial charge in [0.15, 0.2) is 0 Å². The summed E-state index contributed by atoms with van der Waals surface area (Å²) in [4.78, 5) is 12.2.